The molecule has 1 saturated heterocycles. The number of rotatable bonds is 11. The van der Waals surface area contributed by atoms with Gasteiger partial charge in [-0.15, -0.1) is 0 Å². The van der Waals surface area contributed by atoms with Gasteiger partial charge in [-0.05, 0) is 82.4 Å². The van der Waals surface area contributed by atoms with E-state index in [1.807, 2.05) is 25.1 Å². The fraction of sp³-hybridized carbons (Fsp3) is 0.657. The van der Waals surface area contributed by atoms with Crippen molar-refractivity contribution in [3.63, 3.8) is 0 Å². The first kappa shape index (κ1) is 32.5. The van der Waals surface area contributed by atoms with Gasteiger partial charge in [-0.1, -0.05) is 13.0 Å². The maximum atomic E-state index is 13.1. The van der Waals surface area contributed by atoms with Gasteiger partial charge in [0.25, 0.3) is 0 Å². The van der Waals surface area contributed by atoms with Gasteiger partial charge in [-0.2, -0.15) is 4.98 Å². The molecular formula is C35H52N8O3. The Balaban J connectivity index is 1.02. The molecule has 4 aliphatic rings. The lowest BCUT2D eigenvalue weighted by atomic mass is 9.89. The van der Waals surface area contributed by atoms with Crippen LogP contribution in [-0.4, -0.2) is 103 Å². The molecule has 11 nitrogen and oxygen atoms in total. The van der Waals surface area contributed by atoms with Crippen molar-refractivity contribution in [1.29, 1.82) is 0 Å². The van der Waals surface area contributed by atoms with Gasteiger partial charge in [0.15, 0.2) is 5.82 Å². The van der Waals surface area contributed by atoms with Crippen LogP contribution in [-0.2, 0) is 16.0 Å². The van der Waals surface area contributed by atoms with E-state index in [1.54, 1.807) is 25.3 Å². The number of methoxy groups -OCH3 is 1. The van der Waals surface area contributed by atoms with Gasteiger partial charge >= 0.3 is 0 Å². The van der Waals surface area contributed by atoms with E-state index in [9.17, 15) is 9.59 Å². The number of likely N-dealkylation sites (N-methyl/N-ethyl adjacent to an activating group) is 1. The van der Waals surface area contributed by atoms with Crippen LogP contribution < -0.4 is 25.2 Å². The average molecular weight is 633 g/mol. The molecule has 6 rings (SSSR count). The Labute approximate surface area is 274 Å². The fourth-order valence-electron chi connectivity index (χ4n) is 7.53. The predicted molar refractivity (Wildman–Crippen MR) is 182 cm³/mol. The molecule has 1 aromatic carbocycles. The Kier molecular flexibility index (Phi) is 9.98. The van der Waals surface area contributed by atoms with Crippen molar-refractivity contribution in [2.24, 2.45) is 5.92 Å². The number of anilines is 4. The normalized spacial score (nSPS) is 24.2. The Hall–Kier alpha value is -3.44. The van der Waals surface area contributed by atoms with Crippen molar-refractivity contribution >= 4 is 35.0 Å². The lowest BCUT2D eigenvalue weighted by Gasteiger charge is -2.42. The zero-order valence-corrected chi connectivity index (χ0v) is 28.3. The number of hydrogen-bond donors (Lipinski definition) is 2. The number of carbonyl (C=O) groups excluding carboxylic acids is 2. The van der Waals surface area contributed by atoms with Crippen LogP contribution in [0.2, 0.25) is 0 Å². The molecule has 3 heterocycles. The van der Waals surface area contributed by atoms with Crippen LogP contribution in [0.15, 0.2) is 24.4 Å². The Morgan fingerprint density at radius 3 is 2.46 bits per heavy atom. The molecule has 46 heavy (non-hydrogen) atoms. The molecule has 0 bridgehead atoms. The number of hydrogen-bond acceptors (Lipinski definition) is 9. The number of carbonyl (C=O) groups is 2. The first-order valence-corrected chi connectivity index (χ1v) is 17.4. The van der Waals surface area contributed by atoms with Crippen molar-refractivity contribution in [2.45, 2.75) is 96.3 Å². The quantitative estimate of drug-likeness (QED) is 0.377. The van der Waals surface area contributed by atoms with E-state index < -0.39 is 0 Å². The summed E-state index contributed by atoms with van der Waals surface area (Å²) in [6.45, 7) is 12.3. The maximum absolute atomic E-state index is 13.1. The van der Waals surface area contributed by atoms with Crippen molar-refractivity contribution in [2.75, 3.05) is 62.0 Å². The van der Waals surface area contributed by atoms with E-state index in [0.29, 0.717) is 42.0 Å². The van der Waals surface area contributed by atoms with Crippen LogP contribution in [0.25, 0.3) is 0 Å². The van der Waals surface area contributed by atoms with Crippen molar-refractivity contribution in [3.05, 3.63) is 30.0 Å². The number of benzene rings is 1. The summed E-state index contributed by atoms with van der Waals surface area (Å²) < 4.78 is 5.70. The van der Waals surface area contributed by atoms with Gasteiger partial charge in [-0.25, -0.2) is 4.98 Å². The Morgan fingerprint density at radius 2 is 1.80 bits per heavy atom. The Morgan fingerprint density at radius 1 is 1.07 bits per heavy atom. The predicted octanol–water partition coefficient (Wildman–Crippen LogP) is 4.20. The second-order valence-corrected chi connectivity index (χ2v) is 13.9. The van der Waals surface area contributed by atoms with Crippen LogP contribution in [0, 0.1) is 5.92 Å². The summed E-state index contributed by atoms with van der Waals surface area (Å²) >= 11 is 0. The van der Waals surface area contributed by atoms with Crippen LogP contribution in [0.5, 0.6) is 5.75 Å². The Bertz CT molecular complexity index is 1380. The number of ether oxygens (including phenoxy) is 1. The van der Waals surface area contributed by atoms with Gasteiger partial charge in [0.2, 0.25) is 17.8 Å². The largest absolute Gasteiger partial charge is 0.495 e. The lowest BCUT2D eigenvalue weighted by Crippen LogP contribution is -2.54. The molecule has 2 aliphatic heterocycles. The van der Waals surface area contributed by atoms with Crippen LogP contribution in [0.3, 0.4) is 0 Å². The zero-order chi connectivity index (χ0) is 32.4. The van der Waals surface area contributed by atoms with E-state index in [4.69, 9.17) is 9.72 Å². The van der Waals surface area contributed by atoms with Crippen molar-refractivity contribution in [3.8, 4) is 5.75 Å². The summed E-state index contributed by atoms with van der Waals surface area (Å²) in [5, 5.41) is 6.60. The average Bonchev–Trinajstić information content (AvgIpc) is 3.88. The third-order valence-corrected chi connectivity index (χ3v) is 10.3. The highest BCUT2D eigenvalue weighted by atomic mass is 16.5. The SMILES string of the molecule is CCC1C(=O)N(C)c2cnc(Nc3ccc(CC(=O)NC4CCC(N5CCN(CC6CC6)CC5)CC4)cc3OC)nc2N1C(C)C. The van der Waals surface area contributed by atoms with E-state index in [1.165, 1.54) is 45.6 Å². The van der Waals surface area contributed by atoms with Crippen LogP contribution in [0.4, 0.5) is 23.1 Å². The number of amides is 2. The molecule has 0 spiro atoms. The van der Waals surface area contributed by atoms with E-state index >= 15 is 0 Å². The highest BCUT2D eigenvalue weighted by Crippen LogP contribution is 2.37. The first-order valence-electron chi connectivity index (χ1n) is 17.4. The molecule has 250 valence electrons. The molecule has 3 fully saturated rings. The van der Waals surface area contributed by atoms with E-state index in [2.05, 4.69) is 44.2 Å². The number of fused-ring (bicyclic) bond motifs is 1. The summed E-state index contributed by atoms with van der Waals surface area (Å²) in [7, 11) is 3.40. The minimum Gasteiger partial charge on any atom is -0.495 e. The fourth-order valence-corrected chi connectivity index (χ4v) is 7.53. The second kappa shape index (κ2) is 14.1. The third kappa shape index (κ3) is 7.25. The maximum Gasteiger partial charge on any atom is 0.249 e. The molecule has 2 N–H and O–H groups in total. The first-order chi connectivity index (χ1) is 22.2. The van der Waals surface area contributed by atoms with Gasteiger partial charge in [-0.3, -0.25) is 14.5 Å². The molecule has 2 amide bonds. The standard InChI is InChI=1S/C35H52N8O3/c1-6-29-34(45)40(4)30-21-36-35(39-33(30)43(29)23(2)3)38-28-14-9-25(19-31(28)46-5)20-32(44)37-26-10-12-27(13-11-26)42-17-15-41(16-18-42)22-24-7-8-24/h9,14,19,21,23-24,26-27,29H,6-8,10-13,15-18,20,22H2,1-5H3,(H,37,44)(H,36,38,39). The topological polar surface area (TPSA) is 106 Å². The molecule has 2 aromatic rings. The van der Waals surface area contributed by atoms with Gasteiger partial charge in [0.05, 0.1) is 25.4 Å². The molecule has 0 radical (unpaired) electrons. The van der Waals surface area contributed by atoms with Gasteiger partial charge < -0.3 is 30.1 Å². The number of nitrogens with one attached hydrogen (secondary N) is 2. The van der Waals surface area contributed by atoms with Crippen LogP contribution in [0.1, 0.15) is 71.3 Å². The van der Waals surface area contributed by atoms with Gasteiger partial charge in [0, 0.05) is 57.9 Å². The third-order valence-electron chi connectivity index (χ3n) is 10.3. The van der Waals surface area contributed by atoms with Crippen molar-refractivity contribution < 1.29 is 14.3 Å². The monoisotopic (exact) mass is 632 g/mol. The molecule has 1 atom stereocenters. The molecule has 1 aromatic heterocycles. The number of piperazine rings is 1. The van der Waals surface area contributed by atoms with Crippen LogP contribution >= 0.6 is 0 Å². The minimum atomic E-state index is -0.271. The van der Waals surface area contributed by atoms with E-state index in [-0.39, 0.29) is 29.9 Å². The molecule has 2 saturated carbocycles. The van der Waals surface area contributed by atoms with Crippen molar-refractivity contribution in [1.82, 2.24) is 25.1 Å². The molecule has 11 heteroatoms. The zero-order valence-electron chi connectivity index (χ0n) is 28.3. The lowest BCUT2D eigenvalue weighted by molar-refractivity contribution is -0.121. The second-order valence-electron chi connectivity index (χ2n) is 13.9. The summed E-state index contributed by atoms with van der Waals surface area (Å²) in [6, 6.07) is 6.48. The highest BCUT2D eigenvalue weighted by molar-refractivity contribution is 6.04. The summed E-state index contributed by atoms with van der Waals surface area (Å²) in [5.41, 5.74) is 2.29. The molecule has 1 unspecified atom stereocenters. The number of aromatic nitrogens is 2. The summed E-state index contributed by atoms with van der Waals surface area (Å²) in [6.07, 6.45) is 9.95. The van der Waals surface area contributed by atoms with E-state index in [0.717, 1.165) is 43.0 Å². The summed E-state index contributed by atoms with van der Waals surface area (Å²) in [4.78, 5) is 44.5. The summed E-state index contributed by atoms with van der Waals surface area (Å²) in [5.74, 6) is 2.84. The minimum absolute atomic E-state index is 0.0508. The molecule has 2 aliphatic carbocycles. The molecular weight excluding hydrogens is 580 g/mol. The van der Waals surface area contributed by atoms with Gasteiger partial charge in [0.1, 0.15) is 17.5 Å². The highest BCUT2D eigenvalue weighted by Gasteiger charge is 2.38. The number of nitrogens with zero attached hydrogens (tertiary/aromatic N) is 6. The smallest absolute Gasteiger partial charge is 0.249 e.